The van der Waals surface area contributed by atoms with Crippen LogP contribution in [0.4, 0.5) is 17.1 Å². The first-order valence-electron chi connectivity index (χ1n) is 19.4. The summed E-state index contributed by atoms with van der Waals surface area (Å²) in [7, 11) is 0. The molecule has 0 bridgehead atoms. The maximum absolute atomic E-state index is 7.00. The highest BCUT2D eigenvalue weighted by Crippen LogP contribution is 2.63. The molecule has 272 valence electrons. The molecule has 6 heteroatoms. The molecular formula is C52H32N4OS. The quantitative estimate of drug-likeness (QED) is 0.178. The topological polar surface area (TPSA) is 51.1 Å². The Morgan fingerprint density at radius 2 is 0.897 bits per heavy atom. The first kappa shape index (κ1) is 32.9. The van der Waals surface area contributed by atoms with E-state index in [0.29, 0.717) is 17.5 Å². The minimum atomic E-state index is -0.592. The summed E-state index contributed by atoms with van der Waals surface area (Å²) in [4.78, 5) is 20.4. The van der Waals surface area contributed by atoms with E-state index in [0.717, 1.165) is 56.4 Å². The second kappa shape index (κ2) is 12.9. The summed E-state index contributed by atoms with van der Waals surface area (Å²) in [5.74, 6) is 3.31. The van der Waals surface area contributed by atoms with Gasteiger partial charge in [0.1, 0.15) is 11.5 Å². The van der Waals surface area contributed by atoms with E-state index in [1.165, 1.54) is 32.0 Å². The fourth-order valence-corrected chi connectivity index (χ4v) is 10.2. The molecule has 2 aliphatic heterocycles. The Morgan fingerprint density at radius 1 is 0.397 bits per heavy atom. The van der Waals surface area contributed by atoms with Crippen LogP contribution in [0.3, 0.4) is 0 Å². The van der Waals surface area contributed by atoms with E-state index in [1.807, 2.05) is 36.4 Å². The fourth-order valence-electron chi connectivity index (χ4n) is 9.14. The van der Waals surface area contributed by atoms with Gasteiger partial charge in [-0.15, -0.1) is 0 Å². The highest BCUT2D eigenvalue weighted by Gasteiger charge is 2.51. The molecule has 0 atom stereocenters. The molecule has 0 unspecified atom stereocenters. The van der Waals surface area contributed by atoms with Crippen LogP contribution in [0.25, 0.3) is 45.3 Å². The summed E-state index contributed by atoms with van der Waals surface area (Å²) in [5.41, 5.74) is 12.5. The molecule has 1 spiro atoms. The van der Waals surface area contributed by atoms with Gasteiger partial charge in [-0.2, -0.15) is 0 Å². The number of ether oxygens (including phenoxy) is 1. The third-order valence-electron chi connectivity index (χ3n) is 11.6. The molecule has 5 nitrogen and oxygen atoms in total. The summed E-state index contributed by atoms with van der Waals surface area (Å²) in [5, 5.41) is 0. The van der Waals surface area contributed by atoms with E-state index in [2.05, 4.69) is 163 Å². The molecule has 9 aromatic rings. The third kappa shape index (κ3) is 4.82. The van der Waals surface area contributed by atoms with Gasteiger partial charge in [0.2, 0.25) is 0 Å². The lowest BCUT2D eigenvalue weighted by Crippen LogP contribution is -2.32. The van der Waals surface area contributed by atoms with Crippen molar-refractivity contribution < 1.29 is 4.74 Å². The van der Waals surface area contributed by atoms with E-state index in [9.17, 15) is 0 Å². The molecule has 0 radical (unpaired) electrons. The fraction of sp³-hybridized carbons (Fsp3) is 0.0192. The number of nitrogens with zero attached hydrogens (tertiary/aromatic N) is 4. The van der Waals surface area contributed by atoms with Gasteiger partial charge in [0.05, 0.1) is 22.4 Å². The molecule has 12 rings (SSSR count). The van der Waals surface area contributed by atoms with Crippen LogP contribution >= 0.6 is 11.8 Å². The van der Waals surface area contributed by atoms with Gasteiger partial charge in [-0.1, -0.05) is 145 Å². The molecule has 0 saturated heterocycles. The zero-order chi connectivity index (χ0) is 38.2. The number of hydrogen-bond acceptors (Lipinski definition) is 6. The van der Waals surface area contributed by atoms with Crippen molar-refractivity contribution in [2.45, 2.75) is 15.2 Å². The first-order chi connectivity index (χ1) is 28.8. The predicted octanol–water partition coefficient (Wildman–Crippen LogP) is 13.3. The summed E-state index contributed by atoms with van der Waals surface area (Å²) < 4.78 is 7.00. The molecule has 3 heterocycles. The highest BCUT2D eigenvalue weighted by molar-refractivity contribution is 7.99. The van der Waals surface area contributed by atoms with Gasteiger partial charge in [0.15, 0.2) is 17.5 Å². The normalized spacial score (nSPS) is 13.7. The minimum Gasteiger partial charge on any atom is -0.456 e. The molecule has 0 amide bonds. The van der Waals surface area contributed by atoms with E-state index in [4.69, 9.17) is 19.7 Å². The van der Waals surface area contributed by atoms with Gasteiger partial charge >= 0.3 is 0 Å². The molecular weight excluding hydrogens is 729 g/mol. The Morgan fingerprint density at radius 3 is 1.57 bits per heavy atom. The molecule has 0 saturated carbocycles. The maximum Gasteiger partial charge on any atom is 0.167 e. The minimum absolute atomic E-state index is 0.551. The number of rotatable bonds is 4. The number of anilines is 3. The lowest BCUT2D eigenvalue weighted by molar-refractivity contribution is 0.437. The second-order valence-corrected chi connectivity index (χ2v) is 15.8. The van der Waals surface area contributed by atoms with Crippen molar-refractivity contribution in [2.75, 3.05) is 4.90 Å². The van der Waals surface area contributed by atoms with Crippen molar-refractivity contribution in [3.05, 3.63) is 216 Å². The molecule has 0 N–H and O–H groups in total. The molecule has 1 aromatic heterocycles. The average Bonchev–Trinajstić information content (AvgIpc) is 3.59. The van der Waals surface area contributed by atoms with Crippen LogP contribution in [0.2, 0.25) is 0 Å². The largest absolute Gasteiger partial charge is 0.456 e. The van der Waals surface area contributed by atoms with Crippen LogP contribution in [-0.2, 0) is 5.41 Å². The van der Waals surface area contributed by atoms with Crippen LogP contribution in [0.1, 0.15) is 22.3 Å². The van der Waals surface area contributed by atoms with Crippen molar-refractivity contribution in [1.29, 1.82) is 0 Å². The van der Waals surface area contributed by atoms with Gasteiger partial charge in [0, 0.05) is 37.7 Å². The Bertz CT molecular complexity index is 3000. The van der Waals surface area contributed by atoms with Gasteiger partial charge in [0.25, 0.3) is 0 Å². The number of para-hydroxylation sites is 4. The maximum atomic E-state index is 7.00. The van der Waals surface area contributed by atoms with Crippen LogP contribution in [0.5, 0.6) is 11.5 Å². The van der Waals surface area contributed by atoms with Crippen molar-refractivity contribution in [1.82, 2.24) is 15.0 Å². The summed E-state index contributed by atoms with van der Waals surface area (Å²) >= 11 is 1.81. The molecule has 8 aromatic carbocycles. The lowest BCUT2D eigenvalue weighted by Gasteiger charge is -2.39. The third-order valence-corrected chi connectivity index (χ3v) is 12.7. The van der Waals surface area contributed by atoms with Gasteiger partial charge < -0.3 is 9.64 Å². The summed E-state index contributed by atoms with van der Waals surface area (Å²) in [6.07, 6.45) is 0. The SMILES string of the molecule is c1ccc(-c2nc(-c3ccc(N4c5ccccc5Sc5ccccc54)cc3)nc(-c3cccc4c3Oc3ccccc3C43c4ccccc4-c4ccccc43)n2)cc1. The number of aromatic nitrogens is 3. The van der Waals surface area contributed by atoms with Crippen LogP contribution in [0.15, 0.2) is 204 Å². The van der Waals surface area contributed by atoms with Crippen molar-refractivity contribution in [3.8, 4) is 56.8 Å². The smallest absolute Gasteiger partial charge is 0.167 e. The molecule has 58 heavy (non-hydrogen) atoms. The average molecular weight is 761 g/mol. The van der Waals surface area contributed by atoms with Crippen molar-refractivity contribution in [3.63, 3.8) is 0 Å². The van der Waals surface area contributed by atoms with E-state index in [1.54, 1.807) is 11.8 Å². The van der Waals surface area contributed by atoms with E-state index < -0.39 is 5.41 Å². The second-order valence-electron chi connectivity index (χ2n) is 14.7. The Balaban J connectivity index is 1.04. The number of benzene rings is 8. The Hall–Kier alpha value is -7.28. The van der Waals surface area contributed by atoms with Crippen LogP contribution < -0.4 is 9.64 Å². The van der Waals surface area contributed by atoms with Crippen molar-refractivity contribution in [2.24, 2.45) is 0 Å². The van der Waals surface area contributed by atoms with E-state index in [-0.39, 0.29) is 0 Å². The van der Waals surface area contributed by atoms with E-state index >= 15 is 0 Å². The monoisotopic (exact) mass is 760 g/mol. The molecule has 0 fully saturated rings. The highest BCUT2D eigenvalue weighted by atomic mass is 32.2. The van der Waals surface area contributed by atoms with Crippen LogP contribution in [0, 0.1) is 0 Å². The number of fused-ring (bicyclic) bond motifs is 11. The molecule has 1 aliphatic carbocycles. The standard InChI is InChI=1S/C52H32N4OS/c1-2-15-33(16-3-1)49-53-50(34-29-31-35(32-30-34)56-43-24-9-12-27-46(43)58-47-28-13-10-25-44(47)56)55-51(54-49)38-19-14-23-42-48(38)57-45-26-11-8-22-41(45)52(42)39-20-6-4-17-36(39)37-18-5-7-21-40(37)52/h1-32H. The van der Waals surface area contributed by atoms with Crippen LogP contribution in [-0.4, -0.2) is 15.0 Å². The predicted molar refractivity (Wildman–Crippen MR) is 232 cm³/mol. The lowest BCUT2D eigenvalue weighted by atomic mass is 9.66. The zero-order valence-electron chi connectivity index (χ0n) is 31.1. The Kier molecular flexibility index (Phi) is 7.31. The van der Waals surface area contributed by atoms with Gasteiger partial charge in [-0.3, -0.25) is 0 Å². The molecule has 3 aliphatic rings. The van der Waals surface area contributed by atoms with Gasteiger partial charge in [-0.25, -0.2) is 15.0 Å². The van der Waals surface area contributed by atoms with Crippen molar-refractivity contribution >= 4 is 28.8 Å². The zero-order valence-corrected chi connectivity index (χ0v) is 31.9. The van der Waals surface area contributed by atoms with Gasteiger partial charge in [-0.05, 0) is 82.9 Å². The first-order valence-corrected chi connectivity index (χ1v) is 20.3. The number of hydrogen-bond donors (Lipinski definition) is 0. The Labute approximate surface area is 340 Å². The summed E-state index contributed by atoms with van der Waals surface area (Å²) in [6.45, 7) is 0. The summed E-state index contributed by atoms with van der Waals surface area (Å²) in [6, 6.07) is 68.2.